The van der Waals surface area contributed by atoms with Gasteiger partial charge in [-0.05, 0) is 75.3 Å². The van der Waals surface area contributed by atoms with Crippen LogP contribution in [0.25, 0.3) is 0 Å². The predicted molar refractivity (Wildman–Crippen MR) is 181 cm³/mol. The number of nitrogens with zero attached hydrogens (tertiary/aromatic N) is 5. The molecule has 4 heterocycles. The predicted octanol–water partition coefficient (Wildman–Crippen LogP) is 5.07. The summed E-state index contributed by atoms with van der Waals surface area (Å²) in [5.41, 5.74) is -1.73. The lowest BCUT2D eigenvalue weighted by Gasteiger charge is -2.42. The Kier molecular flexibility index (Phi) is 11.4. The maximum Gasteiger partial charge on any atom is 0.417 e. The molecular weight excluding hydrogens is 692 g/mol. The summed E-state index contributed by atoms with van der Waals surface area (Å²) in [5, 5.41) is 5.78. The smallest absolute Gasteiger partial charge is 0.341 e. The second kappa shape index (κ2) is 15.7. The molecule has 5 amide bonds. The van der Waals surface area contributed by atoms with Crippen LogP contribution in [-0.2, 0) is 23.6 Å². The highest BCUT2D eigenvalue weighted by atomic mass is 19.4. The van der Waals surface area contributed by atoms with E-state index in [0.29, 0.717) is 57.5 Å². The Morgan fingerprint density at radius 3 is 2.12 bits per heavy atom. The average molecular weight is 740 g/mol. The van der Waals surface area contributed by atoms with E-state index in [9.17, 15) is 40.7 Å². The molecule has 1 aromatic carbocycles. The van der Waals surface area contributed by atoms with Gasteiger partial charge in [-0.1, -0.05) is 18.2 Å². The van der Waals surface area contributed by atoms with Crippen LogP contribution in [-0.4, -0.2) is 127 Å². The monoisotopic (exact) mass is 739 g/mol. The number of likely N-dealkylation sites (N-methyl/N-ethyl adjacent to an activating group) is 1. The van der Waals surface area contributed by atoms with E-state index in [1.165, 1.54) is 4.90 Å². The minimum atomic E-state index is -5.28. The van der Waals surface area contributed by atoms with E-state index in [2.05, 4.69) is 39.6 Å². The zero-order valence-electron chi connectivity index (χ0n) is 29.4. The Morgan fingerprint density at radius 2 is 1.46 bits per heavy atom. The number of allylic oxidation sites excluding steroid dienone is 3. The summed E-state index contributed by atoms with van der Waals surface area (Å²) in [5.74, 6) is -0.486. The second-order valence-corrected chi connectivity index (χ2v) is 14.5. The number of hydrogen-bond donors (Lipinski definition) is 2. The van der Waals surface area contributed by atoms with Gasteiger partial charge in [0.2, 0.25) is 5.91 Å². The molecule has 1 aliphatic carbocycles. The van der Waals surface area contributed by atoms with E-state index in [-0.39, 0.29) is 36.8 Å². The molecule has 0 spiro atoms. The van der Waals surface area contributed by atoms with Crippen molar-refractivity contribution in [2.75, 3.05) is 66.0 Å². The van der Waals surface area contributed by atoms with Crippen LogP contribution in [0.3, 0.4) is 0 Å². The first-order valence-electron chi connectivity index (χ1n) is 18.2. The quantitative estimate of drug-likeness (QED) is 0.398. The van der Waals surface area contributed by atoms with E-state index in [0.717, 1.165) is 62.8 Å². The molecular formula is C36H47F6N7O3. The SMILES string of the molecule is CN1CCN(C2CCN(C(=O)[C@@H](Cc3ccc(C(F)(F)F)c(C(F)(F)F)c3)NC(=O)N3CCC(N4CCC5=C(CCC=C5)NC4=O)CC3)CC2)CC1. The molecule has 0 unspecified atom stereocenters. The Balaban J connectivity index is 1.13. The molecule has 52 heavy (non-hydrogen) atoms. The van der Waals surface area contributed by atoms with Crippen molar-refractivity contribution in [3.05, 3.63) is 58.3 Å². The number of carbonyl (C=O) groups is 3. The highest BCUT2D eigenvalue weighted by Crippen LogP contribution is 2.41. The molecule has 5 aliphatic rings. The van der Waals surface area contributed by atoms with Crippen LogP contribution in [0.5, 0.6) is 0 Å². The lowest BCUT2D eigenvalue weighted by atomic mass is 9.97. The van der Waals surface area contributed by atoms with E-state index in [4.69, 9.17) is 0 Å². The second-order valence-electron chi connectivity index (χ2n) is 14.5. The van der Waals surface area contributed by atoms with Gasteiger partial charge in [0.15, 0.2) is 0 Å². The summed E-state index contributed by atoms with van der Waals surface area (Å²) in [6.45, 7) is 5.60. The number of piperazine rings is 1. The lowest BCUT2D eigenvalue weighted by molar-refractivity contribution is -0.162. The zero-order chi connectivity index (χ0) is 37.2. The lowest BCUT2D eigenvalue weighted by Crippen LogP contribution is -2.58. The molecule has 1 atom stereocenters. The zero-order valence-corrected chi connectivity index (χ0v) is 29.4. The first kappa shape index (κ1) is 38.0. The molecule has 4 aliphatic heterocycles. The molecule has 0 radical (unpaired) electrons. The van der Waals surface area contributed by atoms with E-state index < -0.39 is 47.9 Å². The largest absolute Gasteiger partial charge is 0.417 e. The summed E-state index contributed by atoms with van der Waals surface area (Å²) < 4.78 is 81.9. The number of urea groups is 2. The summed E-state index contributed by atoms with van der Waals surface area (Å²) >= 11 is 0. The molecule has 3 saturated heterocycles. The molecule has 2 N–H and O–H groups in total. The van der Waals surface area contributed by atoms with Crippen molar-refractivity contribution < 1.29 is 40.7 Å². The van der Waals surface area contributed by atoms with Gasteiger partial charge in [0.05, 0.1) is 11.1 Å². The summed E-state index contributed by atoms with van der Waals surface area (Å²) in [6, 6.07) is -0.143. The van der Waals surface area contributed by atoms with Crippen molar-refractivity contribution in [2.24, 2.45) is 0 Å². The van der Waals surface area contributed by atoms with Crippen LogP contribution < -0.4 is 10.6 Å². The van der Waals surface area contributed by atoms with Gasteiger partial charge in [0.25, 0.3) is 0 Å². The molecule has 1 aromatic rings. The Morgan fingerprint density at radius 1 is 0.827 bits per heavy atom. The van der Waals surface area contributed by atoms with E-state index in [1.807, 2.05) is 4.90 Å². The number of rotatable bonds is 6. The molecule has 3 fully saturated rings. The Hall–Kier alpha value is -3.79. The number of benzene rings is 1. The first-order valence-corrected chi connectivity index (χ1v) is 18.2. The normalized spacial score (nSPS) is 22.6. The van der Waals surface area contributed by atoms with Crippen molar-refractivity contribution in [1.82, 2.24) is 35.1 Å². The number of hydrogen-bond acceptors (Lipinski definition) is 5. The number of alkyl halides is 6. The Bertz CT molecular complexity index is 1540. The third-order valence-electron chi connectivity index (χ3n) is 11.2. The standard InChI is InChI=1S/C36H47F6N7O3/c1-45-18-20-46(21-19-45)26-9-13-47(14-10-26)32(50)31(23-24-6-7-28(35(37,38)39)29(22-24)36(40,41)42)44-33(51)48-15-11-27(12-16-48)49-17-8-25-4-2-3-5-30(25)43-34(49)52/h2,4,6-7,22,26-27,31H,3,5,8-21,23H2,1H3,(H,43,52)(H,44,51)/t31-/m1/s1. The minimum absolute atomic E-state index is 0.110. The van der Waals surface area contributed by atoms with Crippen LogP contribution in [0.2, 0.25) is 0 Å². The highest BCUT2D eigenvalue weighted by molar-refractivity contribution is 5.87. The molecule has 286 valence electrons. The van der Waals surface area contributed by atoms with Gasteiger partial charge in [-0.3, -0.25) is 9.69 Å². The van der Waals surface area contributed by atoms with Gasteiger partial charge in [0.1, 0.15) is 6.04 Å². The number of amides is 5. The number of piperidine rings is 2. The molecule has 0 bridgehead atoms. The maximum atomic E-state index is 14.0. The Labute approximate surface area is 299 Å². The fourth-order valence-electron chi connectivity index (χ4n) is 8.10. The molecule has 0 saturated carbocycles. The topological polar surface area (TPSA) is 91.5 Å². The van der Waals surface area contributed by atoms with Gasteiger partial charge in [0, 0.05) is 83.1 Å². The fraction of sp³-hybridized carbons (Fsp3) is 0.639. The molecule has 6 rings (SSSR count). The van der Waals surface area contributed by atoms with Crippen molar-refractivity contribution in [2.45, 2.75) is 81.8 Å². The van der Waals surface area contributed by atoms with Gasteiger partial charge < -0.3 is 30.2 Å². The summed E-state index contributed by atoms with van der Waals surface area (Å²) in [6.07, 6.45) is -2.03. The third-order valence-corrected chi connectivity index (χ3v) is 11.2. The number of nitrogens with one attached hydrogen (secondary N) is 2. The van der Waals surface area contributed by atoms with Crippen LogP contribution in [0.4, 0.5) is 35.9 Å². The first-order chi connectivity index (χ1) is 24.7. The van der Waals surface area contributed by atoms with Crippen LogP contribution in [0.1, 0.15) is 61.6 Å². The average Bonchev–Trinajstić information content (AvgIpc) is 3.28. The number of likely N-dealkylation sites (tertiary alicyclic amines) is 2. The van der Waals surface area contributed by atoms with Gasteiger partial charge in [-0.15, -0.1) is 0 Å². The van der Waals surface area contributed by atoms with Crippen molar-refractivity contribution in [3.8, 4) is 0 Å². The van der Waals surface area contributed by atoms with Crippen LogP contribution >= 0.6 is 0 Å². The molecule has 10 nitrogen and oxygen atoms in total. The highest BCUT2D eigenvalue weighted by Gasteiger charge is 2.43. The van der Waals surface area contributed by atoms with E-state index >= 15 is 0 Å². The van der Waals surface area contributed by atoms with Crippen LogP contribution in [0, 0.1) is 0 Å². The van der Waals surface area contributed by atoms with Gasteiger partial charge in [-0.2, -0.15) is 26.3 Å². The number of carbonyl (C=O) groups excluding carboxylic acids is 3. The minimum Gasteiger partial charge on any atom is -0.341 e. The van der Waals surface area contributed by atoms with Gasteiger partial charge >= 0.3 is 24.4 Å². The molecule has 16 heteroatoms. The number of halogens is 6. The maximum absolute atomic E-state index is 14.0. The fourth-order valence-corrected chi connectivity index (χ4v) is 8.10. The van der Waals surface area contributed by atoms with Crippen LogP contribution in [0.15, 0.2) is 41.6 Å². The summed E-state index contributed by atoms with van der Waals surface area (Å²) in [4.78, 5) is 50.3. The van der Waals surface area contributed by atoms with Gasteiger partial charge in [-0.25, -0.2) is 9.59 Å². The summed E-state index contributed by atoms with van der Waals surface area (Å²) in [7, 11) is 2.07. The van der Waals surface area contributed by atoms with Crippen molar-refractivity contribution in [1.29, 1.82) is 0 Å². The molecule has 0 aromatic heterocycles. The van der Waals surface area contributed by atoms with E-state index in [1.54, 1.807) is 4.90 Å². The third kappa shape index (κ3) is 8.87. The van der Waals surface area contributed by atoms with Crippen molar-refractivity contribution >= 4 is 18.0 Å². The van der Waals surface area contributed by atoms with Crippen molar-refractivity contribution in [3.63, 3.8) is 0 Å².